The van der Waals surface area contributed by atoms with Gasteiger partial charge in [-0.3, -0.25) is 19.8 Å². The van der Waals surface area contributed by atoms with Crippen molar-refractivity contribution in [2.75, 3.05) is 44.6 Å². The molecule has 1 aliphatic rings. The van der Waals surface area contributed by atoms with E-state index in [1.54, 1.807) is 11.3 Å². The second-order valence-corrected chi connectivity index (χ2v) is 9.29. The molecule has 33 heavy (non-hydrogen) atoms. The minimum atomic E-state index is -0.0260. The van der Waals surface area contributed by atoms with Gasteiger partial charge in [-0.05, 0) is 36.1 Å². The van der Waals surface area contributed by atoms with Crippen LogP contribution in [0.25, 0.3) is 0 Å². The van der Waals surface area contributed by atoms with Gasteiger partial charge in [-0.2, -0.15) is 0 Å². The summed E-state index contributed by atoms with van der Waals surface area (Å²) in [4.78, 5) is 30.4. The van der Waals surface area contributed by atoms with E-state index in [1.165, 1.54) is 4.88 Å². The van der Waals surface area contributed by atoms with E-state index in [-0.39, 0.29) is 24.4 Å². The number of benzene rings is 2. The zero-order valence-electron chi connectivity index (χ0n) is 18.9. The van der Waals surface area contributed by atoms with Crippen molar-refractivity contribution in [1.29, 1.82) is 0 Å². The van der Waals surface area contributed by atoms with Gasteiger partial charge in [0.05, 0.1) is 19.1 Å². The lowest BCUT2D eigenvalue weighted by Crippen LogP contribution is -2.52. The number of amides is 2. The van der Waals surface area contributed by atoms with Crippen molar-refractivity contribution >= 4 is 28.8 Å². The second kappa shape index (κ2) is 11.2. The first-order valence-electron chi connectivity index (χ1n) is 11.3. The Morgan fingerprint density at radius 3 is 2.33 bits per heavy atom. The summed E-state index contributed by atoms with van der Waals surface area (Å²) in [7, 11) is 0. The predicted octanol–water partition coefficient (Wildman–Crippen LogP) is 3.52. The monoisotopic (exact) mass is 462 g/mol. The fraction of sp³-hybridized carbons (Fsp3) is 0.308. The molecule has 1 saturated heterocycles. The van der Waals surface area contributed by atoms with E-state index in [2.05, 4.69) is 39.1 Å². The minimum Gasteiger partial charge on any atom is -0.339 e. The van der Waals surface area contributed by atoms with Crippen LogP contribution in [0.4, 0.5) is 5.69 Å². The fourth-order valence-electron chi connectivity index (χ4n) is 3.98. The topological polar surface area (TPSA) is 64.7 Å². The summed E-state index contributed by atoms with van der Waals surface area (Å²) in [6.07, 6.45) is 0. The summed E-state index contributed by atoms with van der Waals surface area (Å²) in [5.74, 6) is 0.0678. The highest BCUT2D eigenvalue weighted by Crippen LogP contribution is 2.25. The largest absolute Gasteiger partial charge is 0.339 e. The number of thiophene rings is 1. The molecular weight excluding hydrogens is 432 g/mol. The lowest BCUT2D eigenvalue weighted by molar-refractivity contribution is -0.132. The van der Waals surface area contributed by atoms with Crippen LogP contribution < -0.4 is 10.6 Å². The minimum absolute atomic E-state index is 0.00177. The molecule has 0 bridgehead atoms. The van der Waals surface area contributed by atoms with Gasteiger partial charge < -0.3 is 10.2 Å². The molecule has 0 aliphatic carbocycles. The molecule has 2 aromatic carbocycles. The Labute approximate surface area is 199 Å². The average molecular weight is 463 g/mol. The molecule has 2 heterocycles. The molecule has 2 N–H and O–H groups in total. The van der Waals surface area contributed by atoms with E-state index in [9.17, 15) is 9.59 Å². The Bertz CT molecular complexity index is 1030. The summed E-state index contributed by atoms with van der Waals surface area (Å²) in [6.45, 7) is 5.29. The van der Waals surface area contributed by atoms with Gasteiger partial charge in [-0.15, -0.1) is 11.3 Å². The number of carbonyl (C=O) groups excluding carboxylic acids is 2. The number of carbonyl (C=O) groups is 2. The fourth-order valence-corrected chi connectivity index (χ4v) is 4.81. The van der Waals surface area contributed by atoms with Crippen LogP contribution in [0.1, 0.15) is 22.0 Å². The number of hydrogen-bond acceptors (Lipinski definition) is 5. The van der Waals surface area contributed by atoms with Crippen molar-refractivity contribution < 1.29 is 9.59 Å². The molecule has 4 rings (SSSR count). The molecule has 0 spiro atoms. The average Bonchev–Trinajstić information content (AvgIpc) is 3.36. The van der Waals surface area contributed by atoms with E-state index in [1.807, 2.05) is 60.4 Å². The molecule has 1 aromatic heterocycles. The van der Waals surface area contributed by atoms with Gasteiger partial charge in [0.25, 0.3) is 0 Å². The van der Waals surface area contributed by atoms with Crippen molar-refractivity contribution in [3.05, 3.63) is 88.1 Å². The Kier molecular flexibility index (Phi) is 7.88. The quantitative estimate of drug-likeness (QED) is 0.538. The number of aryl methyl sites for hydroxylation is 1. The van der Waals surface area contributed by atoms with Crippen molar-refractivity contribution in [3.63, 3.8) is 0 Å². The zero-order valence-corrected chi connectivity index (χ0v) is 19.7. The molecule has 1 atom stereocenters. The molecule has 6 nitrogen and oxygen atoms in total. The van der Waals surface area contributed by atoms with Gasteiger partial charge in [0.1, 0.15) is 0 Å². The third kappa shape index (κ3) is 6.51. The Balaban J connectivity index is 1.24. The molecule has 1 unspecified atom stereocenters. The second-order valence-electron chi connectivity index (χ2n) is 8.31. The molecule has 7 heteroatoms. The highest BCUT2D eigenvalue weighted by molar-refractivity contribution is 7.10. The highest BCUT2D eigenvalue weighted by atomic mass is 32.1. The van der Waals surface area contributed by atoms with Gasteiger partial charge >= 0.3 is 0 Å². The number of hydrogen-bond donors (Lipinski definition) is 2. The van der Waals surface area contributed by atoms with E-state index < -0.39 is 0 Å². The van der Waals surface area contributed by atoms with E-state index >= 15 is 0 Å². The molecule has 0 saturated carbocycles. The molecule has 3 aromatic rings. The first-order chi connectivity index (χ1) is 16.1. The van der Waals surface area contributed by atoms with Crippen LogP contribution in [0.15, 0.2) is 72.1 Å². The molecule has 2 amide bonds. The number of rotatable bonds is 8. The number of nitrogens with one attached hydrogen (secondary N) is 2. The number of piperazine rings is 1. The van der Waals surface area contributed by atoms with E-state index in [0.29, 0.717) is 32.7 Å². The maximum absolute atomic E-state index is 12.9. The van der Waals surface area contributed by atoms with Crippen LogP contribution in [-0.4, -0.2) is 60.9 Å². The van der Waals surface area contributed by atoms with Crippen LogP contribution in [0.2, 0.25) is 0 Å². The maximum Gasteiger partial charge on any atom is 0.238 e. The van der Waals surface area contributed by atoms with Crippen molar-refractivity contribution in [3.8, 4) is 0 Å². The summed E-state index contributed by atoms with van der Waals surface area (Å²) in [5, 5.41) is 8.45. The summed E-state index contributed by atoms with van der Waals surface area (Å²) >= 11 is 1.69. The third-order valence-electron chi connectivity index (χ3n) is 5.85. The van der Waals surface area contributed by atoms with Crippen molar-refractivity contribution in [1.82, 2.24) is 15.1 Å². The number of anilines is 1. The van der Waals surface area contributed by atoms with Crippen LogP contribution in [0, 0.1) is 6.92 Å². The summed E-state index contributed by atoms with van der Waals surface area (Å²) in [5.41, 5.74) is 3.12. The van der Waals surface area contributed by atoms with Gasteiger partial charge in [0, 0.05) is 36.7 Å². The van der Waals surface area contributed by atoms with Gasteiger partial charge in [-0.1, -0.05) is 54.1 Å². The maximum atomic E-state index is 12.9. The van der Waals surface area contributed by atoms with Crippen molar-refractivity contribution in [2.45, 2.75) is 13.0 Å². The lowest BCUT2D eigenvalue weighted by Gasteiger charge is -2.34. The van der Waals surface area contributed by atoms with Gasteiger partial charge in [0.2, 0.25) is 11.8 Å². The van der Waals surface area contributed by atoms with Crippen LogP contribution >= 0.6 is 11.3 Å². The molecule has 0 radical (unpaired) electrons. The first kappa shape index (κ1) is 23.2. The van der Waals surface area contributed by atoms with Crippen molar-refractivity contribution in [2.24, 2.45) is 0 Å². The first-order valence-corrected chi connectivity index (χ1v) is 12.1. The predicted molar refractivity (Wildman–Crippen MR) is 133 cm³/mol. The van der Waals surface area contributed by atoms with E-state index in [4.69, 9.17) is 0 Å². The Morgan fingerprint density at radius 2 is 1.67 bits per heavy atom. The summed E-state index contributed by atoms with van der Waals surface area (Å²) < 4.78 is 0. The van der Waals surface area contributed by atoms with Gasteiger partial charge in [-0.25, -0.2) is 0 Å². The van der Waals surface area contributed by atoms with E-state index in [0.717, 1.165) is 16.8 Å². The SMILES string of the molecule is Cc1ccc(NC(=O)CN2CCN(C(=O)CNC(c3ccccc3)c3cccs3)CC2)cc1. The summed E-state index contributed by atoms with van der Waals surface area (Å²) in [6, 6.07) is 22.1. The highest BCUT2D eigenvalue weighted by Gasteiger charge is 2.23. The lowest BCUT2D eigenvalue weighted by atomic mass is 10.1. The zero-order chi connectivity index (χ0) is 23.0. The Hall–Kier alpha value is -3.00. The molecule has 172 valence electrons. The molecule has 1 aliphatic heterocycles. The van der Waals surface area contributed by atoms with Gasteiger partial charge in [0.15, 0.2) is 0 Å². The smallest absolute Gasteiger partial charge is 0.238 e. The van der Waals surface area contributed by atoms with Crippen LogP contribution in [0.5, 0.6) is 0 Å². The van der Waals surface area contributed by atoms with Crippen LogP contribution in [-0.2, 0) is 9.59 Å². The third-order valence-corrected chi connectivity index (χ3v) is 6.78. The molecular formula is C26H30N4O2S. The normalized spacial score (nSPS) is 15.2. The van der Waals surface area contributed by atoms with Crippen LogP contribution in [0.3, 0.4) is 0 Å². The molecule has 1 fully saturated rings. The Morgan fingerprint density at radius 1 is 0.939 bits per heavy atom. The standard InChI is InChI=1S/C26H30N4O2S/c1-20-9-11-22(12-10-20)28-24(31)19-29-13-15-30(16-14-29)25(32)18-27-26(23-8-5-17-33-23)21-6-3-2-4-7-21/h2-12,17,26-27H,13-16,18-19H2,1H3,(H,28,31). The number of nitrogens with zero attached hydrogens (tertiary/aromatic N) is 2.